The number of aromatic nitrogens is 2. The zero-order valence-electron chi connectivity index (χ0n) is 11.1. The molecule has 1 N–H and O–H groups in total. The lowest BCUT2D eigenvalue weighted by Crippen LogP contribution is -2.14. The van der Waals surface area contributed by atoms with Crippen LogP contribution in [0.25, 0.3) is 11.1 Å². The fraction of sp³-hybridized carbons (Fsp3) is 0.214. The van der Waals surface area contributed by atoms with E-state index in [1.165, 1.54) is 0 Å². The highest BCUT2D eigenvalue weighted by atomic mass is 16.5. The van der Waals surface area contributed by atoms with Crippen LogP contribution in [0.1, 0.15) is 17.2 Å². The fourth-order valence-corrected chi connectivity index (χ4v) is 1.99. The van der Waals surface area contributed by atoms with Crippen LogP contribution in [0.3, 0.4) is 0 Å². The van der Waals surface area contributed by atoms with Gasteiger partial charge in [0.15, 0.2) is 17.3 Å². The lowest BCUT2D eigenvalue weighted by atomic mass is 10.1. The van der Waals surface area contributed by atoms with Crippen LogP contribution < -0.4 is 5.32 Å². The summed E-state index contributed by atoms with van der Waals surface area (Å²) in [5.41, 5.74) is 2.33. The monoisotopic (exact) mass is 271 g/mol. The molecule has 6 heteroatoms. The Labute approximate surface area is 114 Å². The summed E-state index contributed by atoms with van der Waals surface area (Å²) in [7, 11) is 0. The first kappa shape index (κ1) is 12.4. The van der Waals surface area contributed by atoms with Crippen LogP contribution in [0.2, 0.25) is 0 Å². The number of hydrogen-bond acceptors (Lipinski definition) is 5. The van der Waals surface area contributed by atoms with E-state index in [-0.39, 0.29) is 12.3 Å². The average molecular weight is 271 g/mol. The molecule has 1 aromatic carbocycles. The number of nitrogens with one attached hydrogen (secondary N) is 1. The standard InChI is InChI=1S/C14H13N3O3/c1-8-5-13(17-20-8)16-14(18)7-10-3-4-11-12(6-10)19-9(2)15-11/h3-6H,7H2,1-2H3,(H,16,17,18). The summed E-state index contributed by atoms with van der Waals surface area (Å²) < 4.78 is 10.3. The third-order valence-corrected chi connectivity index (χ3v) is 2.82. The van der Waals surface area contributed by atoms with Crippen molar-refractivity contribution in [2.75, 3.05) is 5.32 Å². The largest absolute Gasteiger partial charge is 0.441 e. The third-order valence-electron chi connectivity index (χ3n) is 2.82. The van der Waals surface area contributed by atoms with Crippen LogP contribution >= 0.6 is 0 Å². The highest BCUT2D eigenvalue weighted by molar-refractivity contribution is 5.91. The molecule has 0 aliphatic rings. The van der Waals surface area contributed by atoms with E-state index < -0.39 is 0 Å². The summed E-state index contributed by atoms with van der Waals surface area (Å²) in [6.07, 6.45) is 0.238. The molecule has 0 spiro atoms. The first-order valence-corrected chi connectivity index (χ1v) is 6.19. The maximum atomic E-state index is 11.9. The quantitative estimate of drug-likeness (QED) is 0.791. The van der Waals surface area contributed by atoms with Gasteiger partial charge in [0.1, 0.15) is 11.3 Å². The number of aryl methyl sites for hydroxylation is 2. The molecule has 0 unspecified atom stereocenters. The van der Waals surface area contributed by atoms with Crippen molar-refractivity contribution in [3.63, 3.8) is 0 Å². The average Bonchev–Trinajstić information content (AvgIpc) is 2.93. The SMILES string of the molecule is Cc1cc(NC(=O)Cc2ccc3nc(C)oc3c2)no1. The molecule has 0 saturated heterocycles. The van der Waals surface area contributed by atoms with E-state index in [0.29, 0.717) is 23.1 Å². The molecule has 0 radical (unpaired) electrons. The Hall–Kier alpha value is -2.63. The van der Waals surface area contributed by atoms with E-state index in [4.69, 9.17) is 8.94 Å². The first-order valence-electron chi connectivity index (χ1n) is 6.19. The lowest BCUT2D eigenvalue weighted by Gasteiger charge is -2.01. The van der Waals surface area contributed by atoms with E-state index in [1.54, 1.807) is 19.9 Å². The van der Waals surface area contributed by atoms with Crippen molar-refractivity contribution in [1.82, 2.24) is 10.1 Å². The van der Waals surface area contributed by atoms with Crippen LogP contribution in [0.4, 0.5) is 5.82 Å². The summed E-state index contributed by atoms with van der Waals surface area (Å²) in [5, 5.41) is 6.39. The second-order valence-electron chi connectivity index (χ2n) is 4.58. The number of benzene rings is 1. The van der Waals surface area contributed by atoms with Crippen LogP contribution in [0, 0.1) is 13.8 Å². The van der Waals surface area contributed by atoms with Gasteiger partial charge in [-0.3, -0.25) is 4.79 Å². The number of fused-ring (bicyclic) bond motifs is 1. The first-order chi connectivity index (χ1) is 9.60. The van der Waals surface area contributed by atoms with Crippen molar-refractivity contribution in [2.45, 2.75) is 20.3 Å². The molecule has 0 aliphatic heterocycles. The van der Waals surface area contributed by atoms with Crippen molar-refractivity contribution in [1.29, 1.82) is 0 Å². The summed E-state index contributed by atoms with van der Waals surface area (Å²) in [6, 6.07) is 7.19. The Balaban J connectivity index is 1.73. The highest BCUT2D eigenvalue weighted by Crippen LogP contribution is 2.17. The summed E-state index contributed by atoms with van der Waals surface area (Å²) in [6.45, 7) is 3.56. The molecule has 2 aromatic heterocycles. The molecule has 20 heavy (non-hydrogen) atoms. The van der Waals surface area contributed by atoms with Gasteiger partial charge in [0.25, 0.3) is 0 Å². The minimum atomic E-state index is -0.158. The Morgan fingerprint density at radius 1 is 1.30 bits per heavy atom. The van der Waals surface area contributed by atoms with Crippen LogP contribution in [0.5, 0.6) is 0 Å². The van der Waals surface area contributed by atoms with Crippen molar-refractivity contribution in [2.24, 2.45) is 0 Å². The van der Waals surface area contributed by atoms with E-state index in [0.717, 1.165) is 11.1 Å². The van der Waals surface area contributed by atoms with Gasteiger partial charge in [0, 0.05) is 13.0 Å². The molecule has 3 rings (SSSR count). The van der Waals surface area contributed by atoms with Gasteiger partial charge in [-0.1, -0.05) is 11.2 Å². The van der Waals surface area contributed by atoms with Crippen LogP contribution in [0.15, 0.2) is 33.2 Å². The van der Waals surface area contributed by atoms with Gasteiger partial charge in [0.2, 0.25) is 5.91 Å². The number of rotatable bonds is 3. The molecule has 0 fully saturated rings. The maximum Gasteiger partial charge on any atom is 0.230 e. The Morgan fingerprint density at radius 3 is 2.90 bits per heavy atom. The molecule has 0 aliphatic carbocycles. The minimum Gasteiger partial charge on any atom is -0.441 e. The molecule has 0 bridgehead atoms. The predicted molar refractivity (Wildman–Crippen MR) is 72.3 cm³/mol. The van der Waals surface area contributed by atoms with Crippen LogP contribution in [-0.4, -0.2) is 16.0 Å². The number of carbonyl (C=O) groups is 1. The predicted octanol–water partition coefficient (Wildman–Crippen LogP) is 2.61. The summed E-state index contributed by atoms with van der Waals surface area (Å²) in [5.74, 6) is 1.52. The van der Waals surface area contributed by atoms with E-state index in [9.17, 15) is 4.79 Å². The minimum absolute atomic E-state index is 0.158. The molecule has 0 saturated carbocycles. The van der Waals surface area contributed by atoms with Gasteiger partial charge in [-0.25, -0.2) is 4.98 Å². The molecular formula is C14H13N3O3. The lowest BCUT2D eigenvalue weighted by molar-refractivity contribution is -0.115. The molecule has 3 aromatic rings. The zero-order chi connectivity index (χ0) is 14.1. The zero-order valence-corrected chi connectivity index (χ0v) is 11.1. The number of amides is 1. The maximum absolute atomic E-state index is 11.9. The van der Waals surface area contributed by atoms with Gasteiger partial charge in [-0.05, 0) is 24.6 Å². The van der Waals surface area contributed by atoms with E-state index >= 15 is 0 Å². The molecule has 0 atom stereocenters. The molecule has 2 heterocycles. The Bertz CT molecular complexity index is 773. The number of carbonyl (C=O) groups excluding carboxylic acids is 1. The van der Waals surface area contributed by atoms with Crippen molar-refractivity contribution < 1.29 is 13.7 Å². The topological polar surface area (TPSA) is 81.2 Å². The number of hydrogen-bond donors (Lipinski definition) is 1. The Kier molecular flexibility index (Phi) is 2.98. The van der Waals surface area contributed by atoms with Gasteiger partial charge >= 0.3 is 0 Å². The van der Waals surface area contributed by atoms with E-state index in [1.807, 2.05) is 18.2 Å². The third kappa shape index (κ3) is 2.54. The highest BCUT2D eigenvalue weighted by Gasteiger charge is 2.09. The summed E-state index contributed by atoms with van der Waals surface area (Å²) >= 11 is 0. The molecule has 6 nitrogen and oxygen atoms in total. The van der Waals surface area contributed by atoms with Gasteiger partial charge in [0.05, 0.1) is 6.42 Å². The van der Waals surface area contributed by atoms with Gasteiger partial charge in [-0.15, -0.1) is 0 Å². The van der Waals surface area contributed by atoms with Crippen molar-refractivity contribution in [3.8, 4) is 0 Å². The smallest absolute Gasteiger partial charge is 0.230 e. The summed E-state index contributed by atoms with van der Waals surface area (Å²) in [4.78, 5) is 16.1. The molecular weight excluding hydrogens is 258 g/mol. The molecule has 102 valence electrons. The normalized spacial score (nSPS) is 10.9. The van der Waals surface area contributed by atoms with Gasteiger partial charge in [-0.2, -0.15) is 0 Å². The van der Waals surface area contributed by atoms with Crippen LogP contribution in [-0.2, 0) is 11.2 Å². The number of nitrogens with zero attached hydrogens (tertiary/aromatic N) is 2. The van der Waals surface area contributed by atoms with Gasteiger partial charge < -0.3 is 14.3 Å². The van der Waals surface area contributed by atoms with Crippen molar-refractivity contribution >= 4 is 22.8 Å². The van der Waals surface area contributed by atoms with E-state index in [2.05, 4.69) is 15.5 Å². The van der Waals surface area contributed by atoms with Crippen molar-refractivity contribution in [3.05, 3.63) is 41.5 Å². The fourth-order valence-electron chi connectivity index (χ4n) is 1.99. The Morgan fingerprint density at radius 2 is 2.15 bits per heavy atom. The number of oxazole rings is 1. The molecule has 1 amide bonds. The number of anilines is 1. The second-order valence-corrected chi connectivity index (χ2v) is 4.58. The second kappa shape index (κ2) is 4.80.